The molecule has 0 aromatic rings. The van der Waals surface area contributed by atoms with Gasteiger partial charge in [-0.3, -0.25) is 4.79 Å². The van der Waals surface area contributed by atoms with E-state index in [2.05, 4.69) is 0 Å². The molecule has 1 aliphatic carbocycles. The van der Waals surface area contributed by atoms with Gasteiger partial charge in [0, 0.05) is 6.04 Å². The Labute approximate surface area is 60.2 Å². The largest absolute Gasteiger partial charge is 0.481 e. The number of hydrogen-bond acceptors (Lipinski definition) is 2. The summed E-state index contributed by atoms with van der Waals surface area (Å²) in [6.45, 7) is 2.05. The second kappa shape index (κ2) is 2.58. The Kier molecular flexibility index (Phi) is 1.94. The summed E-state index contributed by atoms with van der Waals surface area (Å²) in [5.41, 5.74) is 5.52. The van der Waals surface area contributed by atoms with E-state index in [0.717, 1.165) is 12.8 Å². The van der Waals surface area contributed by atoms with E-state index in [4.69, 9.17) is 10.8 Å². The third-order valence-electron chi connectivity index (χ3n) is 2.14. The Balaban J connectivity index is 2.34. The van der Waals surface area contributed by atoms with E-state index in [1.54, 1.807) is 0 Å². The van der Waals surface area contributed by atoms with Crippen molar-refractivity contribution < 1.29 is 9.90 Å². The summed E-state index contributed by atoms with van der Waals surface area (Å²) >= 11 is 0. The first kappa shape index (κ1) is 7.54. The topological polar surface area (TPSA) is 63.3 Å². The minimum absolute atomic E-state index is 0.0718. The van der Waals surface area contributed by atoms with E-state index in [9.17, 15) is 4.79 Å². The zero-order valence-electron chi connectivity index (χ0n) is 6.08. The number of aliphatic carboxylic acids is 1. The van der Waals surface area contributed by atoms with Gasteiger partial charge in [-0.2, -0.15) is 0 Å². The number of carboxylic acid groups (broad SMARTS) is 1. The van der Waals surface area contributed by atoms with Crippen LogP contribution in [0.25, 0.3) is 0 Å². The van der Waals surface area contributed by atoms with Gasteiger partial charge in [0.15, 0.2) is 0 Å². The quantitative estimate of drug-likeness (QED) is 0.602. The van der Waals surface area contributed by atoms with Crippen LogP contribution in [0, 0.1) is 11.8 Å². The van der Waals surface area contributed by atoms with Crippen LogP contribution < -0.4 is 5.73 Å². The lowest BCUT2D eigenvalue weighted by atomic mass is 10.2. The molecular weight excluding hydrogens is 130 g/mol. The van der Waals surface area contributed by atoms with Gasteiger partial charge in [-0.1, -0.05) is 13.3 Å². The summed E-state index contributed by atoms with van der Waals surface area (Å²) in [5.74, 6) is -0.728. The van der Waals surface area contributed by atoms with Crippen molar-refractivity contribution in [3.05, 3.63) is 0 Å². The van der Waals surface area contributed by atoms with Gasteiger partial charge >= 0.3 is 5.97 Å². The first-order chi connectivity index (χ1) is 4.68. The predicted molar refractivity (Wildman–Crippen MR) is 37.5 cm³/mol. The first-order valence-electron chi connectivity index (χ1n) is 3.67. The van der Waals surface area contributed by atoms with Crippen molar-refractivity contribution in [1.82, 2.24) is 0 Å². The normalized spacial score (nSPS) is 37.6. The number of carbonyl (C=O) groups is 1. The first-order valence-corrected chi connectivity index (χ1v) is 3.67. The number of rotatable bonds is 3. The molecule has 10 heavy (non-hydrogen) atoms. The minimum Gasteiger partial charge on any atom is -0.481 e. The molecule has 1 aliphatic rings. The molecule has 0 spiro atoms. The second-order valence-electron chi connectivity index (χ2n) is 2.89. The fraction of sp³-hybridized carbons (Fsp3) is 0.857. The van der Waals surface area contributed by atoms with Gasteiger partial charge in [-0.15, -0.1) is 0 Å². The molecule has 3 N–H and O–H groups in total. The molecule has 58 valence electrons. The van der Waals surface area contributed by atoms with Gasteiger partial charge < -0.3 is 10.8 Å². The summed E-state index contributed by atoms with van der Waals surface area (Å²) in [6.07, 6.45) is 1.99. The van der Waals surface area contributed by atoms with Gasteiger partial charge in [0.2, 0.25) is 0 Å². The monoisotopic (exact) mass is 143 g/mol. The van der Waals surface area contributed by atoms with Crippen LogP contribution in [0.1, 0.15) is 19.8 Å². The summed E-state index contributed by atoms with van der Waals surface area (Å²) in [7, 11) is 0. The predicted octanol–water partition coefficient (Wildman–Crippen LogP) is 0.444. The van der Waals surface area contributed by atoms with Gasteiger partial charge in [0.05, 0.1) is 5.92 Å². The number of carboxylic acids is 1. The maximum absolute atomic E-state index is 10.4. The molecule has 0 aromatic heterocycles. The van der Waals surface area contributed by atoms with E-state index in [1.165, 1.54) is 0 Å². The third-order valence-corrected chi connectivity index (χ3v) is 2.14. The highest BCUT2D eigenvalue weighted by Crippen LogP contribution is 2.40. The molecule has 0 amide bonds. The van der Waals surface area contributed by atoms with E-state index in [1.807, 2.05) is 6.92 Å². The Morgan fingerprint density at radius 1 is 1.70 bits per heavy atom. The summed E-state index contributed by atoms with van der Waals surface area (Å²) in [6, 6.07) is -0.0718. The van der Waals surface area contributed by atoms with Crippen LogP contribution in [-0.4, -0.2) is 17.1 Å². The van der Waals surface area contributed by atoms with Crippen molar-refractivity contribution in [1.29, 1.82) is 0 Å². The summed E-state index contributed by atoms with van der Waals surface area (Å²) in [4.78, 5) is 10.4. The van der Waals surface area contributed by atoms with Crippen molar-refractivity contribution in [3.63, 3.8) is 0 Å². The molecule has 3 atom stereocenters. The van der Waals surface area contributed by atoms with Crippen LogP contribution in [0.2, 0.25) is 0 Å². The average Bonchev–Trinajstić information content (AvgIpc) is 2.43. The molecule has 1 fully saturated rings. The maximum atomic E-state index is 10.4. The van der Waals surface area contributed by atoms with Crippen LogP contribution in [-0.2, 0) is 4.79 Å². The van der Waals surface area contributed by atoms with Crippen LogP contribution in [0.3, 0.4) is 0 Å². The van der Waals surface area contributed by atoms with Gasteiger partial charge in [-0.05, 0) is 12.3 Å². The van der Waals surface area contributed by atoms with Crippen LogP contribution in [0.15, 0.2) is 0 Å². The molecule has 3 heteroatoms. The molecule has 1 rings (SSSR count). The maximum Gasteiger partial charge on any atom is 0.308 e. The van der Waals surface area contributed by atoms with Crippen LogP contribution in [0.4, 0.5) is 0 Å². The lowest BCUT2D eigenvalue weighted by molar-refractivity contribution is -0.138. The van der Waals surface area contributed by atoms with Gasteiger partial charge in [0.25, 0.3) is 0 Å². The highest BCUT2D eigenvalue weighted by atomic mass is 16.4. The fourth-order valence-corrected chi connectivity index (χ4v) is 1.45. The molecule has 0 aliphatic heterocycles. The Hall–Kier alpha value is -0.570. The van der Waals surface area contributed by atoms with Crippen LogP contribution >= 0.6 is 0 Å². The number of nitrogens with two attached hydrogens (primary N) is 1. The molecule has 0 bridgehead atoms. The molecule has 0 radical (unpaired) electrons. The van der Waals surface area contributed by atoms with E-state index >= 15 is 0 Å². The number of hydrogen-bond donors (Lipinski definition) is 2. The van der Waals surface area contributed by atoms with E-state index in [-0.39, 0.29) is 17.9 Å². The molecule has 3 unspecified atom stereocenters. The average molecular weight is 143 g/mol. The summed E-state index contributed by atoms with van der Waals surface area (Å²) in [5, 5.41) is 8.54. The highest BCUT2D eigenvalue weighted by Gasteiger charge is 2.51. The minimum atomic E-state index is -0.731. The zero-order chi connectivity index (χ0) is 7.72. The Morgan fingerprint density at radius 2 is 2.30 bits per heavy atom. The molecule has 3 nitrogen and oxygen atoms in total. The zero-order valence-corrected chi connectivity index (χ0v) is 6.08. The Bertz CT molecular complexity index is 147. The van der Waals surface area contributed by atoms with Crippen molar-refractivity contribution >= 4 is 5.97 Å². The van der Waals surface area contributed by atoms with E-state index < -0.39 is 5.97 Å². The van der Waals surface area contributed by atoms with Crippen molar-refractivity contribution in [2.45, 2.75) is 25.8 Å². The molecular formula is C7H13NO2. The lowest BCUT2D eigenvalue weighted by Crippen LogP contribution is -2.08. The van der Waals surface area contributed by atoms with Crippen LogP contribution in [0.5, 0.6) is 0 Å². The van der Waals surface area contributed by atoms with Gasteiger partial charge in [0.1, 0.15) is 0 Å². The third kappa shape index (κ3) is 1.14. The van der Waals surface area contributed by atoms with Crippen molar-refractivity contribution in [2.24, 2.45) is 17.6 Å². The SMILES string of the molecule is CCCC1C(N)C1C(=O)O. The van der Waals surface area contributed by atoms with Crippen molar-refractivity contribution in [2.75, 3.05) is 0 Å². The lowest BCUT2D eigenvalue weighted by Gasteiger charge is -1.88. The smallest absolute Gasteiger partial charge is 0.308 e. The second-order valence-corrected chi connectivity index (χ2v) is 2.89. The molecule has 0 heterocycles. The summed E-state index contributed by atoms with van der Waals surface area (Å²) < 4.78 is 0. The van der Waals surface area contributed by atoms with Crippen molar-refractivity contribution in [3.8, 4) is 0 Å². The standard InChI is InChI=1S/C7H13NO2/c1-2-3-4-5(6(4)8)7(9)10/h4-6H,2-3,8H2,1H3,(H,9,10). The fourth-order valence-electron chi connectivity index (χ4n) is 1.45. The van der Waals surface area contributed by atoms with Gasteiger partial charge in [-0.25, -0.2) is 0 Å². The molecule has 1 saturated carbocycles. The Morgan fingerprint density at radius 3 is 2.60 bits per heavy atom. The van der Waals surface area contributed by atoms with E-state index in [0.29, 0.717) is 0 Å². The molecule has 0 saturated heterocycles. The highest BCUT2D eigenvalue weighted by molar-refractivity contribution is 5.75. The molecule has 0 aromatic carbocycles.